The van der Waals surface area contributed by atoms with Crippen LogP contribution < -0.4 is 10.2 Å². The molecule has 3 heterocycles. The zero-order valence-corrected chi connectivity index (χ0v) is 16.1. The number of halogens is 1. The van der Waals surface area contributed by atoms with E-state index in [9.17, 15) is 14.3 Å². The van der Waals surface area contributed by atoms with Crippen LogP contribution in [0, 0.1) is 12.7 Å². The number of hydrogen-bond acceptors (Lipinski definition) is 6. The first-order valence-corrected chi connectivity index (χ1v) is 9.59. The van der Waals surface area contributed by atoms with Crippen LogP contribution in [0.1, 0.15) is 18.4 Å². The van der Waals surface area contributed by atoms with E-state index in [1.54, 1.807) is 23.3 Å². The van der Waals surface area contributed by atoms with Crippen molar-refractivity contribution < 1.29 is 14.3 Å². The molecule has 0 unspecified atom stereocenters. The van der Waals surface area contributed by atoms with Crippen LogP contribution >= 0.6 is 0 Å². The first-order valence-electron chi connectivity index (χ1n) is 9.59. The van der Waals surface area contributed by atoms with Gasteiger partial charge in [0.25, 0.3) is 0 Å². The molecule has 2 N–H and O–H groups in total. The number of piperidine rings is 1. The molecular weight excluding hydrogens is 375 g/mol. The zero-order chi connectivity index (χ0) is 20.4. The van der Waals surface area contributed by atoms with Crippen molar-refractivity contribution in [2.45, 2.75) is 38.5 Å². The lowest BCUT2D eigenvalue weighted by molar-refractivity contribution is -0.122. The number of rotatable bonds is 5. The topological polar surface area (TPSA) is 96.2 Å². The average Bonchev–Trinajstić information content (AvgIpc) is 3.20. The van der Waals surface area contributed by atoms with Gasteiger partial charge in [-0.3, -0.25) is 4.79 Å². The van der Waals surface area contributed by atoms with Crippen LogP contribution in [0.3, 0.4) is 0 Å². The Balaban J connectivity index is 1.45. The minimum atomic E-state index is -0.571. The van der Waals surface area contributed by atoms with Crippen LogP contribution in [0.15, 0.2) is 36.9 Å². The summed E-state index contributed by atoms with van der Waals surface area (Å²) < 4.78 is 15.3. The van der Waals surface area contributed by atoms with E-state index in [1.807, 2.05) is 17.9 Å². The highest BCUT2D eigenvalue weighted by molar-refractivity contribution is 5.84. The minimum Gasteiger partial charge on any atom is -0.391 e. The van der Waals surface area contributed by atoms with Crippen LogP contribution in [0.4, 0.5) is 10.2 Å². The third-order valence-corrected chi connectivity index (χ3v) is 5.15. The Morgan fingerprint density at radius 1 is 1.28 bits per heavy atom. The molecule has 0 bridgehead atoms. The Morgan fingerprint density at radius 3 is 2.86 bits per heavy atom. The SMILES string of the molecule is Cc1cc(N2C[C@H](O)C[C@H](NC(=O)CCn3cnnc3)C2)nc2ccc(F)cc12. The van der Waals surface area contributed by atoms with E-state index in [2.05, 4.69) is 20.5 Å². The number of anilines is 1. The number of nitrogens with zero attached hydrogens (tertiary/aromatic N) is 5. The highest BCUT2D eigenvalue weighted by Crippen LogP contribution is 2.25. The van der Waals surface area contributed by atoms with Gasteiger partial charge in [-0.25, -0.2) is 9.37 Å². The minimum absolute atomic E-state index is 0.0872. The molecule has 1 saturated heterocycles. The number of aromatic nitrogens is 4. The molecule has 2 atom stereocenters. The Bertz CT molecular complexity index is 1010. The molecule has 152 valence electrons. The Hall–Kier alpha value is -3.07. The number of carbonyl (C=O) groups excluding carboxylic acids is 1. The Kier molecular flexibility index (Phi) is 5.39. The van der Waals surface area contributed by atoms with Gasteiger partial charge in [0.1, 0.15) is 24.3 Å². The number of carbonyl (C=O) groups is 1. The summed E-state index contributed by atoms with van der Waals surface area (Å²) in [6, 6.07) is 6.24. The van der Waals surface area contributed by atoms with Gasteiger partial charge >= 0.3 is 0 Å². The molecule has 3 aromatic rings. The van der Waals surface area contributed by atoms with Gasteiger partial charge in [-0.15, -0.1) is 10.2 Å². The number of β-amino-alcohol motifs (C(OH)–C–C–N with tert-alkyl or cyclic N) is 1. The normalized spacial score (nSPS) is 19.5. The molecule has 29 heavy (non-hydrogen) atoms. The maximum atomic E-state index is 13.5. The molecule has 1 fully saturated rings. The fourth-order valence-corrected chi connectivity index (χ4v) is 3.74. The maximum Gasteiger partial charge on any atom is 0.222 e. The van der Waals surface area contributed by atoms with Crippen molar-refractivity contribution in [3.63, 3.8) is 0 Å². The number of benzene rings is 1. The summed E-state index contributed by atoms with van der Waals surface area (Å²) in [5.74, 6) is 0.331. The predicted octanol–water partition coefficient (Wildman–Crippen LogP) is 1.42. The molecule has 1 aromatic carbocycles. The lowest BCUT2D eigenvalue weighted by atomic mass is 10.0. The van der Waals surface area contributed by atoms with Crippen LogP contribution in [0.2, 0.25) is 0 Å². The van der Waals surface area contributed by atoms with E-state index in [0.29, 0.717) is 43.8 Å². The fraction of sp³-hybridized carbons (Fsp3) is 0.400. The lowest BCUT2D eigenvalue weighted by Crippen LogP contribution is -2.53. The summed E-state index contributed by atoms with van der Waals surface area (Å²) in [6.45, 7) is 3.40. The second-order valence-electron chi connectivity index (χ2n) is 7.47. The molecule has 4 rings (SSSR count). The van der Waals surface area contributed by atoms with Crippen molar-refractivity contribution >= 4 is 22.6 Å². The molecule has 0 aliphatic carbocycles. The molecule has 2 aromatic heterocycles. The number of aliphatic hydroxyl groups is 1. The highest BCUT2D eigenvalue weighted by Gasteiger charge is 2.28. The van der Waals surface area contributed by atoms with Gasteiger partial charge in [0, 0.05) is 37.5 Å². The summed E-state index contributed by atoms with van der Waals surface area (Å²) in [5.41, 5.74) is 1.62. The molecule has 1 aliphatic heterocycles. The van der Waals surface area contributed by atoms with Crippen molar-refractivity contribution in [1.29, 1.82) is 0 Å². The number of nitrogens with one attached hydrogen (secondary N) is 1. The third kappa shape index (κ3) is 4.51. The summed E-state index contributed by atoms with van der Waals surface area (Å²) in [6.07, 6.45) is 3.37. The van der Waals surface area contributed by atoms with Crippen molar-refractivity contribution in [3.05, 3.63) is 48.3 Å². The summed E-state index contributed by atoms with van der Waals surface area (Å²) >= 11 is 0. The quantitative estimate of drug-likeness (QED) is 0.675. The molecule has 1 aliphatic rings. The van der Waals surface area contributed by atoms with E-state index >= 15 is 0 Å². The van der Waals surface area contributed by atoms with Gasteiger partial charge in [0.2, 0.25) is 5.91 Å². The molecular formula is C20H23FN6O2. The molecule has 1 amide bonds. The van der Waals surface area contributed by atoms with Gasteiger partial charge in [-0.05, 0) is 43.2 Å². The van der Waals surface area contributed by atoms with Gasteiger partial charge < -0.3 is 19.9 Å². The summed E-state index contributed by atoms with van der Waals surface area (Å²) in [5, 5.41) is 21.5. The number of aliphatic hydroxyl groups excluding tert-OH is 1. The van der Waals surface area contributed by atoms with E-state index in [-0.39, 0.29) is 17.8 Å². The Labute approximate surface area is 167 Å². The fourth-order valence-electron chi connectivity index (χ4n) is 3.74. The average molecular weight is 398 g/mol. The number of pyridine rings is 1. The summed E-state index contributed by atoms with van der Waals surface area (Å²) in [7, 11) is 0. The van der Waals surface area contributed by atoms with E-state index in [4.69, 9.17) is 0 Å². The number of amides is 1. The van der Waals surface area contributed by atoms with Gasteiger partial charge in [0.15, 0.2) is 0 Å². The molecule has 0 spiro atoms. The molecule has 0 radical (unpaired) electrons. The third-order valence-electron chi connectivity index (χ3n) is 5.15. The van der Waals surface area contributed by atoms with Gasteiger partial charge in [-0.1, -0.05) is 0 Å². The van der Waals surface area contributed by atoms with Crippen LogP contribution in [0.25, 0.3) is 10.9 Å². The number of hydrogen-bond donors (Lipinski definition) is 2. The second kappa shape index (κ2) is 8.12. The molecule has 0 saturated carbocycles. The highest BCUT2D eigenvalue weighted by atomic mass is 19.1. The predicted molar refractivity (Wildman–Crippen MR) is 106 cm³/mol. The standard InChI is InChI=1S/C20H23FN6O2/c1-13-6-19(25-18-3-2-14(21)7-17(13)18)27-9-15(8-16(28)10-27)24-20(29)4-5-26-11-22-23-12-26/h2-3,6-7,11-12,15-16,28H,4-5,8-10H2,1H3,(H,24,29)/t15-,16+/m0/s1. The smallest absolute Gasteiger partial charge is 0.222 e. The monoisotopic (exact) mass is 398 g/mol. The van der Waals surface area contributed by atoms with Crippen LogP contribution in [-0.4, -0.2) is 56.0 Å². The van der Waals surface area contributed by atoms with Crippen molar-refractivity contribution in [3.8, 4) is 0 Å². The first-order chi connectivity index (χ1) is 14.0. The maximum absolute atomic E-state index is 13.5. The zero-order valence-electron chi connectivity index (χ0n) is 16.1. The summed E-state index contributed by atoms with van der Waals surface area (Å²) in [4.78, 5) is 18.9. The van der Waals surface area contributed by atoms with Crippen molar-refractivity contribution in [2.24, 2.45) is 0 Å². The Morgan fingerprint density at radius 2 is 2.07 bits per heavy atom. The largest absolute Gasteiger partial charge is 0.391 e. The van der Waals surface area contributed by atoms with E-state index < -0.39 is 6.10 Å². The van der Waals surface area contributed by atoms with Crippen molar-refractivity contribution in [2.75, 3.05) is 18.0 Å². The van der Waals surface area contributed by atoms with E-state index in [0.717, 1.165) is 10.9 Å². The lowest BCUT2D eigenvalue weighted by Gasteiger charge is -2.37. The van der Waals surface area contributed by atoms with Gasteiger partial charge in [0.05, 0.1) is 11.6 Å². The van der Waals surface area contributed by atoms with Gasteiger partial charge in [-0.2, -0.15) is 0 Å². The second-order valence-corrected chi connectivity index (χ2v) is 7.47. The van der Waals surface area contributed by atoms with E-state index in [1.165, 1.54) is 12.1 Å². The van der Waals surface area contributed by atoms with Crippen molar-refractivity contribution in [1.82, 2.24) is 25.1 Å². The number of aryl methyl sites for hydroxylation is 2. The molecule has 8 nitrogen and oxygen atoms in total. The first kappa shape index (κ1) is 19.3. The van der Waals surface area contributed by atoms with Crippen LogP contribution in [-0.2, 0) is 11.3 Å². The number of fused-ring (bicyclic) bond motifs is 1. The van der Waals surface area contributed by atoms with Crippen LogP contribution in [0.5, 0.6) is 0 Å². The molecule has 9 heteroatoms.